The third-order valence-corrected chi connectivity index (χ3v) is 4.83. The largest absolute Gasteiger partial charge is 0.378 e. The van der Waals surface area contributed by atoms with Gasteiger partial charge in [0.2, 0.25) is 0 Å². The molecule has 6 heteroatoms. The molecular formula is C21H21F2N3O. The van der Waals surface area contributed by atoms with Crippen molar-refractivity contribution in [1.29, 1.82) is 0 Å². The van der Waals surface area contributed by atoms with Gasteiger partial charge in [-0.3, -0.25) is 4.98 Å². The zero-order valence-corrected chi connectivity index (χ0v) is 15.6. The molecule has 1 atom stereocenters. The number of benzene rings is 1. The molecule has 4 nitrogen and oxygen atoms in total. The van der Waals surface area contributed by atoms with Crippen molar-refractivity contribution >= 4 is 0 Å². The van der Waals surface area contributed by atoms with Crippen molar-refractivity contribution in [2.24, 2.45) is 0 Å². The third kappa shape index (κ3) is 3.37. The summed E-state index contributed by atoms with van der Waals surface area (Å²) < 4.78 is 34.8. The van der Waals surface area contributed by atoms with E-state index in [1.807, 2.05) is 32.9 Å². The van der Waals surface area contributed by atoms with Crippen LogP contribution in [0.4, 0.5) is 8.78 Å². The summed E-state index contributed by atoms with van der Waals surface area (Å²) in [4.78, 5) is 4.44. The van der Waals surface area contributed by atoms with E-state index in [0.29, 0.717) is 18.7 Å². The minimum atomic E-state index is -0.883. The van der Waals surface area contributed by atoms with Gasteiger partial charge in [0.05, 0.1) is 29.8 Å². The van der Waals surface area contributed by atoms with Crippen LogP contribution >= 0.6 is 0 Å². The lowest BCUT2D eigenvalue weighted by molar-refractivity contribution is 0.0735. The number of hydrogen-bond acceptors (Lipinski definition) is 3. The number of rotatable bonds is 2. The lowest BCUT2D eigenvalue weighted by Crippen LogP contribution is -2.13. The Labute approximate surface area is 156 Å². The van der Waals surface area contributed by atoms with Crippen LogP contribution in [0.1, 0.15) is 29.6 Å². The van der Waals surface area contributed by atoms with E-state index >= 15 is 0 Å². The number of aryl methyl sites for hydroxylation is 2. The second-order valence-electron chi connectivity index (χ2n) is 7.06. The van der Waals surface area contributed by atoms with Gasteiger partial charge < -0.3 is 4.74 Å². The van der Waals surface area contributed by atoms with Crippen LogP contribution in [0.5, 0.6) is 0 Å². The number of fused-ring (bicyclic) bond motifs is 1. The number of ether oxygens (including phenoxy) is 1. The summed E-state index contributed by atoms with van der Waals surface area (Å²) in [6, 6.07) is 7.87. The first-order chi connectivity index (χ1) is 12.9. The minimum Gasteiger partial charge on any atom is -0.378 e. The Bertz CT molecular complexity index is 993. The first-order valence-corrected chi connectivity index (χ1v) is 9.06. The quantitative estimate of drug-likeness (QED) is 0.675. The summed E-state index contributed by atoms with van der Waals surface area (Å²) in [6.07, 6.45) is 1.41. The van der Waals surface area contributed by atoms with Crippen LogP contribution in [0.3, 0.4) is 0 Å². The van der Waals surface area contributed by atoms with Gasteiger partial charge in [-0.2, -0.15) is 5.10 Å². The lowest BCUT2D eigenvalue weighted by Gasteiger charge is -2.11. The number of hydrogen-bond donors (Lipinski definition) is 0. The van der Waals surface area contributed by atoms with Gasteiger partial charge in [-0.1, -0.05) is 0 Å². The van der Waals surface area contributed by atoms with Crippen molar-refractivity contribution in [3.63, 3.8) is 0 Å². The van der Waals surface area contributed by atoms with Gasteiger partial charge in [0, 0.05) is 35.0 Å². The highest BCUT2D eigenvalue weighted by Gasteiger charge is 2.25. The molecule has 0 saturated carbocycles. The molecule has 0 amide bonds. The van der Waals surface area contributed by atoms with Gasteiger partial charge in [-0.05, 0) is 51.5 Å². The summed E-state index contributed by atoms with van der Waals surface area (Å²) >= 11 is 0. The maximum Gasteiger partial charge on any atom is 0.160 e. The predicted octanol–water partition coefficient (Wildman–Crippen LogP) is 4.33. The van der Waals surface area contributed by atoms with E-state index in [1.54, 1.807) is 10.7 Å². The maximum absolute atomic E-state index is 13.8. The van der Waals surface area contributed by atoms with Gasteiger partial charge in [0.25, 0.3) is 0 Å². The first-order valence-electron chi connectivity index (χ1n) is 9.06. The van der Waals surface area contributed by atoms with Crippen molar-refractivity contribution in [2.75, 3.05) is 6.61 Å². The molecule has 3 aromatic rings. The van der Waals surface area contributed by atoms with Crippen LogP contribution in [0.2, 0.25) is 0 Å². The smallest absolute Gasteiger partial charge is 0.160 e. The normalized spacial score (nSPS) is 16.9. The zero-order valence-electron chi connectivity index (χ0n) is 15.6. The van der Waals surface area contributed by atoms with Crippen molar-refractivity contribution in [2.45, 2.75) is 39.7 Å². The van der Waals surface area contributed by atoms with Gasteiger partial charge in [-0.15, -0.1) is 0 Å². The molecule has 4 rings (SSSR count). The molecule has 0 saturated heterocycles. The summed E-state index contributed by atoms with van der Waals surface area (Å²) in [6.45, 7) is 6.52. The molecule has 0 fully saturated rings. The van der Waals surface area contributed by atoms with Crippen molar-refractivity contribution in [3.8, 4) is 16.9 Å². The fourth-order valence-electron chi connectivity index (χ4n) is 3.68. The number of nitrogens with zero attached hydrogens (tertiary/aromatic N) is 3. The Morgan fingerprint density at radius 3 is 2.52 bits per heavy atom. The highest BCUT2D eigenvalue weighted by atomic mass is 19.2. The summed E-state index contributed by atoms with van der Waals surface area (Å²) in [7, 11) is 0. The molecule has 2 aromatic heterocycles. The molecule has 0 spiro atoms. The molecule has 0 radical (unpaired) electrons. The van der Waals surface area contributed by atoms with Gasteiger partial charge in [0.15, 0.2) is 11.6 Å². The SMILES string of the molecule is Cc1cc(-c2nn(-c3ccc(F)c(F)c3)c3c2CCO[C@H](C)C3)cc(C)n1. The third-order valence-electron chi connectivity index (χ3n) is 4.83. The molecule has 1 aromatic carbocycles. The van der Waals surface area contributed by atoms with Crippen LogP contribution in [0.15, 0.2) is 30.3 Å². The summed E-state index contributed by atoms with van der Waals surface area (Å²) in [5.74, 6) is -1.75. The van der Waals surface area contributed by atoms with Crippen LogP contribution < -0.4 is 0 Å². The zero-order chi connectivity index (χ0) is 19.1. The number of aromatic nitrogens is 3. The van der Waals surface area contributed by atoms with Crippen LogP contribution in [0, 0.1) is 25.5 Å². The number of halogens is 2. The second-order valence-corrected chi connectivity index (χ2v) is 7.06. The van der Waals surface area contributed by atoms with Gasteiger partial charge in [0.1, 0.15) is 0 Å². The topological polar surface area (TPSA) is 39.9 Å². The Hall–Kier alpha value is -2.60. The molecular weight excluding hydrogens is 348 g/mol. The van der Waals surface area contributed by atoms with Gasteiger partial charge in [-0.25, -0.2) is 13.5 Å². The molecule has 0 unspecified atom stereocenters. The average Bonchev–Trinajstić information content (AvgIpc) is 2.83. The molecule has 1 aliphatic heterocycles. The van der Waals surface area contributed by atoms with E-state index < -0.39 is 11.6 Å². The van der Waals surface area contributed by atoms with Gasteiger partial charge >= 0.3 is 0 Å². The Morgan fingerprint density at radius 2 is 1.81 bits per heavy atom. The molecule has 0 bridgehead atoms. The van der Waals surface area contributed by atoms with E-state index in [-0.39, 0.29) is 6.10 Å². The van der Waals surface area contributed by atoms with Crippen molar-refractivity contribution in [3.05, 3.63) is 64.6 Å². The molecule has 3 heterocycles. The molecule has 1 aliphatic rings. The fourth-order valence-corrected chi connectivity index (χ4v) is 3.68. The second kappa shape index (κ2) is 6.85. The lowest BCUT2D eigenvalue weighted by atomic mass is 10.0. The van der Waals surface area contributed by atoms with E-state index in [2.05, 4.69) is 4.98 Å². The fraction of sp³-hybridized carbons (Fsp3) is 0.333. The first kappa shape index (κ1) is 17.8. The molecule has 0 N–H and O–H groups in total. The van der Waals surface area contributed by atoms with Crippen molar-refractivity contribution in [1.82, 2.24) is 14.8 Å². The van der Waals surface area contributed by atoms with Crippen LogP contribution in [0.25, 0.3) is 16.9 Å². The monoisotopic (exact) mass is 369 g/mol. The average molecular weight is 369 g/mol. The molecule has 140 valence electrons. The summed E-state index contributed by atoms with van der Waals surface area (Å²) in [5, 5.41) is 4.81. The predicted molar refractivity (Wildman–Crippen MR) is 99.0 cm³/mol. The minimum absolute atomic E-state index is 0.0285. The van der Waals surface area contributed by atoms with E-state index in [4.69, 9.17) is 9.84 Å². The van der Waals surface area contributed by atoms with Crippen LogP contribution in [-0.2, 0) is 17.6 Å². The van der Waals surface area contributed by atoms with E-state index in [1.165, 1.54) is 6.07 Å². The summed E-state index contributed by atoms with van der Waals surface area (Å²) in [5.41, 5.74) is 6.24. The highest BCUT2D eigenvalue weighted by molar-refractivity contribution is 5.66. The molecule has 27 heavy (non-hydrogen) atoms. The number of pyridine rings is 1. The molecule has 0 aliphatic carbocycles. The highest BCUT2D eigenvalue weighted by Crippen LogP contribution is 2.32. The Kier molecular flexibility index (Phi) is 4.52. The van der Waals surface area contributed by atoms with Crippen molar-refractivity contribution < 1.29 is 13.5 Å². The maximum atomic E-state index is 13.8. The Morgan fingerprint density at radius 1 is 1.07 bits per heavy atom. The van der Waals surface area contributed by atoms with E-state index in [0.717, 1.165) is 46.4 Å². The standard InChI is InChI=1S/C21H21F2N3O/c1-12-8-15(9-13(2)24-12)21-17-6-7-27-14(3)10-20(17)26(25-21)16-4-5-18(22)19(23)11-16/h4-5,8-9,11,14H,6-7,10H2,1-3H3/t14-/m1/s1. The Balaban J connectivity index is 1.94. The van der Waals surface area contributed by atoms with Crippen LogP contribution in [-0.4, -0.2) is 27.5 Å². The van der Waals surface area contributed by atoms with E-state index in [9.17, 15) is 8.78 Å².